The smallest absolute Gasteiger partial charge is 0.407 e. The normalized spacial score (nSPS) is 18.0. The SMILES string of the molecule is CCCCC(CNC(=O)OC(C)(C)C)NC(=NC)NCC1CCN(S(C)(=O)=O)CC1. The van der Waals surface area contributed by atoms with Crippen molar-refractivity contribution in [3.8, 4) is 0 Å². The predicted octanol–water partition coefficient (Wildman–Crippen LogP) is 1.91. The Kier molecular flexibility index (Phi) is 10.9. The Morgan fingerprint density at radius 2 is 1.87 bits per heavy atom. The Labute approximate surface area is 182 Å². The Morgan fingerprint density at radius 3 is 2.37 bits per heavy atom. The van der Waals surface area contributed by atoms with Crippen molar-refractivity contribution >= 4 is 22.1 Å². The molecule has 0 radical (unpaired) electrons. The van der Waals surface area contributed by atoms with Crippen molar-refractivity contribution in [2.24, 2.45) is 10.9 Å². The number of hydrogen-bond acceptors (Lipinski definition) is 5. The number of nitrogens with zero attached hydrogens (tertiary/aromatic N) is 2. The highest BCUT2D eigenvalue weighted by Crippen LogP contribution is 2.18. The Morgan fingerprint density at radius 1 is 1.23 bits per heavy atom. The second-order valence-electron chi connectivity index (χ2n) is 8.92. The second kappa shape index (κ2) is 12.3. The van der Waals surface area contributed by atoms with E-state index in [2.05, 4.69) is 27.9 Å². The Bertz CT molecular complexity index is 653. The van der Waals surface area contributed by atoms with Crippen LogP contribution in [-0.2, 0) is 14.8 Å². The number of hydrogen-bond donors (Lipinski definition) is 3. The Balaban J connectivity index is 2.49. The van der Waals surface area contributed by atoms with E-state index in [4.69, 9.17) is 4.74 Å². The average molecular weight is 448 g/mol. The van der Waals surface area contributed by atoms with Crippen molar-refractivity contribution in [3.63, 3.8) is 0 Å². The molecule has 30 heavy (non-hydrogen) atoms. The molecule has 0 aromatic rings. The molecule has 10 heteroatoms. The standard InChI is InChI=1S/C20H41N5O4S/c1-7-8-9-17(15-23-19(26)29-20(2,3)4)24-18(21-5)22-14-16-10-12-25(13-11-16)30(6,27)28/h16-17H,7-15H2,1-6H3,(H,23,26)(H2,21,22,24). The topological polar surface area (TPSA) is 112 Å². The highest BCUT2D eigenvalue weighted by molar-refractivity contribution is 7.88. The van der Waals surface area contributed by atoms with Crippen LogP contribution in [0.3, 0.4) is 0 Å². The van der Waals surface area contributed by atoms with Crippen molar-refractivity contribution in [1.82, 2.24) is 20.3 Å². The van der Waals surface area contributed by atoms with Crippen LogP contribution in [-0.4, -0.2) is 75.9 Å². The van der Waals surface area contributed by atoms with Gasteiger partial charge in [-0.1, -0.05) is 19.8 Å². The minimum atomic E-state index is -3.10. The fraction of sp³-hybridized carbons (Fsp3) is 0.900. The molecular formula is C20H41N5O4S. The molecule has 1 aliphatic heterocycles. The van der Waals surface area contributed by atoms with E-state index >= 15 is 0 Å². The number of guanidine groups is 1. The van der Waals surface area contributed by atoms with Gasteiger partial charge in [0.2, 0.25) is 10.0 Å². The zero-order chi connectivity index (χ0) is 22.8. The van der Waals surface area contributed by atoms with Gasteiger partial charge in [-0.25, -0.2) is 17.5 Å². The van der Waals surface area contributed by atoms with Gasteiger partial charge in [-0.3, -0.25) is 4.99 Å². The molecule has 0 aliphatic carbocycles. The van der Waals surface area contributed by atoms with Gasteiger partial charge < -0.3 is 20.7 Å². The van der Waals surface area contributed by atoms with Crippen molar-refractivity contribution in [3.05, 3.63) is 0 Å². The molecule has 1 rings (SSSR count). The second-order valence-corrected chi connectivity index (χ2v) is 10.9. The van der Waals surface area contributed by atoms with Crippen molar-refractivity contribution in [2.45, 2.75) is 71.4 Å². The van der Waals surface area contributed by atoms with Crippen LogP contribution in [0.5, 0.6) is 0 Å². The fourth-order valence-electron chi connectivity index (χ4n) is 3.27. The summed E-state index contributed by atoms with van der Waals surface area (Å²) in [4.78, 5) is 16.3. The summed E-state index contributed by atoms with van der Waals surface area (Å²) in [6, 6.07) is 0.0377. The van der Waals surface area contributed by atoms with Crippen LogP contribution in [0.1, 0.15) is 59.8 Å². The number of carbonyl (C=O) groups is 1. The molecule has 9 nitrogen and oxygen atoms in total. The summed E-state index contributed by atoms with van der Waals surface area (Å²) in [5.41, 5.74) is -0.527. The maximum Gasteiger partial charge on any atom is 0.407 e. The van der Waals surface area contributed by atoms with Gasteiger partial charge in [-0.2, -0.15) is 0 Å². The lowest BCUT2D eigenvalue weighted by Gasteiger charge is -2.31. The predicted molar refractivity (Wildman–Crippen MR) is 121 cm³/mol. The number of aliphatic imine (C=N–C) groups is 1. The van der Waals surface area contributed by atoms with E-state index in [9.17, 15) is 13.2 Å². The largest absolute Gasteiger partial charge is 0.444 e. The summed E-state index contributed by atoms with van der Waals surface area (Å²) < 4.78 is 30.1. The van der Waals surface area contributed by atoms with Crippen LogP contribution in [0.4, 0.5) is 4.79 Å². The van der Waals surface area contributed by atoms with Crippen molar-refractivity contribution in [1.29, 1.82) is 0 Å². The van der Waals surface area contributed by atoms with Gasteiger partial charge in [-0.05, 0) is 46.0 Å². The van der Waals surface area contributed by atoms with Gasteiger partial charge in [0.25, 0.3) is 0 Å². The van der Waals surface area contributed by atoms with Gasteiger partial charge in [0.1, 0.15) is 5.60 Å². The zero-order valence-corrected chi connectivity index (χ0v) is 20.3. The molecule has 176 valence electrons. The molecule has 0 aromatic heterocycles. The van der Waals surface area contributed by atoms with Crippen LogP contribution < -0.4 is 16.0 Å². The molecule has 1 amide bonds. The van der Waals surface area contributed by atoms with Gasteiger partial charge in [0.05, 0.1) is 6.26 Å². The quantitative estimate of drug-likeness (QED) is 0.368. The Hall–Kier alpha value is -1.55. The third-order valence-electron chi connectivity index (χ3n) is 4.96. The lowest BCUT2D eigenvalue weighted by atomic mass is 9.98. The third kappa shape index (κ3) is 11.0. The van der Waals surface area contributed by atoms with Gasteiger partial charge in [-0.15, -0.1) is 0 Å². The molecule has 1 unspecified atom stereocenters. The summed E-state index contributed by atoms with van der Waals surface area (Å²) in [7, 11) is -1.38. The summed E-state index contributed by atoms with van der Waals surface area (Å²) in [5, 5.41) is 9.58. The van der Waals surface area contributed by atoms with E-state index in [0.29, 0.717) is 31.5 Å². The number of amides is 1. The molecule has 0 saturated carbocycles. The van der Waals surface area contributed by atoms with Gasteiger partial charge in [0.15, 0.2) is 5.96 Å². The van der Waals surface area contributed by atoms with E-state index in [-0.39, 0.29) is 6.04 Å². The molecule has 0 spiro atoms. The maximum atomic E-state index is 12.0. The van der Waals surface area contributed by atoms with E-state index in [0.717, 1.165) is 38.6 Å². The first-order valence-electron chi connectivity index (χ1n) is 10.8. The molecule has 1 aliphatic rings. The number of rotatable bonds is 9. The number of alkyl carbamates (subject to hydrolysis) is 1. The van der Waals surface area contributed by atoms with Crippen LogP contribution in [0.15, 0.2) is 4.99 Å². The molecule has 1 heterocycles. The maximum absolute atomic E-state index is 12.0. The molecule has 1 atom stereocenters. The van der Waals surface area contributed by atoms with E-state index in [1.54, 1.807) is 11.4 Å². The number of sulfonamides is 1. The van der Waals surface area contributed by atoms with Gasteiger partial charge >= 0.3 is 6.09 Å². The molecule has 1 saturated heterocycles. The molecular weight excluding hydrogens is 406 g/mol. The van der Waals surface area contributed by atoms with Crippen LogP contribution in [0.2, 0.25) is 0 Å². The van der Waals surface area contributed by atoms with Crippen LogP contribution >= 0.6 is 0 Å². The monoisotopic (exact) mass is 447 g/mol. The first-order valence-corrected chi connectivity index (χ1v) is 12.7. The summed E-state index contributed by atoms with van der Waals surface area (Å²) >= 11 is 0. The minimum Gasteiger partial charge on any atom is -0.444 e. The zero-order valence-electron chi connectivity index (χ0n) is 19.5. The number of carbonyl (C=O) groups excluding carboxylic acids is 1. The third-order valence-corrected chi connectivity index (χ3v) is 6.27. The molecule has 1 fully saturated rings. The average Bonchev–Trinajstić information content (AvgIpc) is 2.65. The number of piperidine rings is 1. The van der Waals surface area contributed by atoms with Gasteiger partial charge in [0, 0.05) is 39.3 Å². The highest BCUT2D eigenvalue weighted by atomic mass is 32.2. The minimum absolute atomic E-state index is 0.0377. The first kappa shape index (κ1) is 26.5. The lowest BCUT2D eigenvalue weighted by molar-refractivity contribution is 0.0522. The van der Waals surface area contributed by atoms with E-state index < -0.39 is 21.7 Å². The first-order chi connectivity index (χ1) is 13.9. The van der Waals surface area contributed by atoms with Crippen LogP contribution in [0, 0.1) is 5.92 Å². The van der Waals surface area contributed by atoms with Crippen molar-refractivity contribution in [2.75, 3.05) is 39.5 Å². The molecule has 0 aromatic carbocycles. The number of unbranched alkanes of at least 4 members (excludes halogenated alkanes) is 1. The lowest BCUT2D eigenvalue weighted by Crippen LogP contribution is -2.50. The summed E-state index contributed by atoms with van der Waals surface area (Å²) in [6.07, 6.45) is 5.50. The van der Waals surface area contributed by atoms with E-state index in [1.165, 1.54) is 6.26 Å². The molecule has 0 bridgehead atoms. The fourth-order valence-corrected chi connectivity index (χ4v) is 4.14. The van der Waals surface area contributed by atoms with E-state index in [1.807, 2.05) is 20.8 Å². The van der Waals surface area contributed by atoms with Crippen LogP contribution in [0.25, 0.3) is 0 Å². The number of nitrogens with one attached hydrogen (secondary N) is 3. The highest BCUT2D eigenvalue weighted by Gasteiger charge is 2.25. The number of ether oxygens (including phenoxy) is 1. The summed E-state index contributed by atoms with van der Waals surface area (Å²) in [6.45, 7) is 9.96. The molecule has 3 N–H and O–H groups in total. The summed E-state index contributed by atoms with van der Waals surface area (Å²) in [5.74, 6) is 1.09. The van der Waals surface area contributed by atoms with Crippen molar-refractivity contribution < 1.29 is 17.9 Å².